The lowest BCUT2D eigenvalue weighted by atomic mass is 10.2. The lowest BCUT2D eigenvalue weighted by Gasteiger charge is -2.10. The van der Waals surface area contributed by atoms with Crippen LogP contribution in [0.25, 0.3) is 0 Å². The summed E-state index contributed by atoms with van der Waals surface area (Å²) in [6.07, 6.45) is 0. The first kappa shape index (κ1) is 15.4. The van der Waals surface area contributed by atoms with Crippen molar-refractivity contribution in [2.45, 2.75) is 4.90 Å². The molecule has 2 rings (SSSR count). The fourth-order valence-electron chi connectivity index (χ4n) is 1.71. The molecule has 0 amide bonds. The third kappa shape index (κ3) is 3.20. The van der Waals surface area contributed by atoms with Crippen molar-refractivity contribution >= 4 is 27.4 Å². The lowest BCUT2D eigenvalue weighted by molar-refractivity contribution is -0.384. The van der Waals surface area contributed by atoms with E-state index in [1.165, 1.54) is 24.3 Å². The second-order valence-electron chi connectivity index (χ2n) is 4.21. The highest BCUT2D eigenvalue weighted by Gasteiger charge is 2.19. The van der Waals surface area contributed by atoms with E-state index in [-0.39, 0.29) is 21.8 Å². The number of carboxylic acids is 1. The van der Waals surface area contributed by atoms with Gasteiger partial charge in [0.15, 0.2) is 0 Å². The highest BCUT2D eigenvalue weighted by Crippen LogP contribution is 2.21. The van der Waals surface area contributed by atoms with Gasteiger partial charge in [0, 0.05) is 12.1 Å². The first-order chi connectivity index (χ1) is 10.3. The molecule has 0 aliphatic carbocycles. The Morgan fingerprint density at radius 3 is 2.23 bits per heavy atom. The molecule has 2 aromatic rings. The average Bonchev–Trinajstić information content (AvgIpc) is 2.47. The Kier molecular flexibility index (Phi) is 4.08. The number of sulfonamides is 1. The zero-order chi connectivity index (χ0) is 16.3. The van der Waals surface area contributed by atoms with Crippen LogP contribution in [0, 0.1) is 10.1 Å². The van der Waals surface area contributed by atoms with Gasteiger partial charge < -0.3 is 5.11 Å². The number of non-ortho nitro benzene ring substituents is 1. The Bertz CT molecular complexity index is 830. The van der Waals surface area contributed by atoms with Gasteiger partial charge in [0.2, 0.25) is 0 Å². The predicted octanol–water partition coefficient (Wildman–Crippen LogP) is 2.09. The van der Waals surface area contributed by atoms with Crippen LogP contribution in [0.15, 0.2) is 53.4 Å². The Hall–Kier alpha value is -2.94. The fraction of sp³-hybridized carbons (Fsp3) is 0. The van der Waals surface area contributed by atoms with Crippen LogP contribution in [-0.4, -0.2) is 24.4 Å². The number of aromatic carboxylic acids is 1. The molecule has 2 aromatic carbocycles. The second kappa shape index (κ2) is 5.82. The molecule has 22 heavy (non-hydrogen) atoms. The Balaban J connectivity index is 2.36. The summed E-state index contributed by atoms with van der Waals surface area (Å²) < 4.78 is 26.5. The van der Waals surface area contributed by atoms with Crippen LogP contribution >= 0.6 is 0 Å². The largest absolute Gasteiger partial charge is 0.478 e. The second-order valence-corrected chi connectivity index (χ2v) is 5.89. The summed E-state index contributed by atoms with van der Waals surface area (Å²) in [5, 5.41) is 19.6. The molecule has 0 atom stereocenters. The lowest BCUT2D eigenvalue weighted by Crippen LogP contribution is -2.15. The van der Waals surface area contributed by atoms with Crippen LogP contribution in [0.5, 0.6) is 0 Å². The van der Waals surface area contributed by atoms with E-state index in [0.717, 1.165) is 24.3 Å². The van der Waals surface area contributed by atoms with Crippen molar-refractivity contribution in [2.24, 2.45) is 0 Å². The monoisotopic (exact) mass is 322 g/mol. The summed E-state index contributed by atoms with van der Waals surface area (Å²) in [5.74, 6) is -1.28. The van der Waals surface area contributed by atoms with Crippen molar-refractivity contribution in [2.75, 3.05) is 4.72 Å². The minimum absolute atomic E-state index is 0.0895. The summed E-state index contributed by atoms with van der Waals surface area (Å²) in [4.78, 5) is 20.7. The molecule has 0 aromatic heterocycles. The summed E-state index contributed by atoms with van der Waals surface area (Å²) >= 11 is 0. The summed E-state index contributed by atoms with van der Waals surface area (Å²) in [6.45, 7) is 0. The number of carboxylic acid groups (broad SMARTS) is 1. The van der Waals surface area contributed by atoms with Crippen molar-refractivity contribution < 1.29 is 23.2 Å². The number of nitro benzene ring substituents is 1. The normalized spacial score (nSPS) is 10.9. The highest BCUT2D eigenvalue weighted by molar-refractivity contribution is 7.92. The minimum Gasteiger partial charge on any atom is -0.478 e. The number of nitrogens with zero attached hydrogens (tertiary/aromatic N) is 1. The summed E-state index contributed by atoms with van der Waals surface area (Å²) in [5.41, 5.74) is -0.536. The number of anilines is 1. The third-order valence-corrected chi connectivity index (χ3v) is 4.14. The molecule has 2 N–H and O–H groups in total. The summed E-state index contributed by atoms with van der Waals surface area (Å²) in [7, 11) is -4.05. The number of para-hydroxylation sites is 1. The maximum absolute atomic E-state index is 12.2. The number of hydrogen-bond donors (Lipinski definition) is 2. The molecule has 0 unspecified atom stereocenters. The molecule has 0 spiro atoms. The van der Waals surface area contributed by atoms with Crippen LogP contribution in [0.1, 0.15) is 10.4 Å². The molecule has 0 heterocycles. The molecule has 114 valence electrons. The van der Waals surface area contributed by atoms with E-state index in [9.17, 15) is 23.3 Å². The Labute approximate surface area is 125 Å². The van der Waals surface area contributed by atoms with Gasteiger partial charge in [-0.25, -0.2) is 13.2 Å². The third-order valence-electron chi connectivity index (χ3n) is 2.76. The molecule has 8 nitrogen and oxygen atoms in total. The zero-order valence-corrected chi connectivity index (χ0v) is 11.8. The van der Waals surface area contributed by atoms with Crippen molar-refractivity contribution in [3.63, 3.8) is 0 Å². The van der Waals surface area contributed by atoms with Crippen LogP contribution < -0.4 is 4.72 Å². The topological polar surface area (TPSA) is 127 Å². The quantitative estimate of drug-likeness (QED) is 0.641. The van der Waals surface area contributed by atoms with Gasteiger partial charge in [0.25, 0.3) is 15.7 Å². The number of benzene rings is 2. The number of nitro groups is 1. The predicted molar refractivity (Wildman–Crippen MR) is 77.3 cm³/mol. The molecule has 0 saturated heterocycles. The first-order valence-corrected chi connectivity index (χ1v) is 7.39. The van der Waals surface area contributed by atoms with Gasteiger partial charge in [0.05, 0.1) is 21.1 Å². The molecule has 0 bridgehead atoms. The molecular weight excluding hydrogens is 312 g/mol. The van der Waals surface area contributed by atoms with Gasteiger partial charge in [0.1, 0.15) is 0 Å². The number of rotatable bonds is 5. The van der Waals surface area contributed by atoms with E-state index in [4.69, 9.17) is 5.11 Å². The maximum Gasteiger partial charge on any atom is 0.337 e. The Morgan fingerprint density at radius 1 is 1.09 bits per heavy atom. The molecule has 0 aliphatic rings. The minimum atomic E-state index is -4.05. The Morgan fingerprint density at radius 2 is 1.68 bits per heavy atom. The van der Waals surface area contributed by atoms with Crippen LogP contribution in [0.3, 0.4) is 0 Å². The molecule has 0 aliphatic heterocycles. The van der Waals surface area contributed by atoms with Crippen LogP contribution in [0.2, 0.25) is 0 Å². The van der Waals surface area contributed by atoms with Crippen molar-refractivity contribution in [3.05, 3.63) is 64.2 Å². The summed E-state index contributed by atoms with van der Waals surface area (Å²) in [6, 6.07) is 9.78. The molecule has 0 saturated carbocycles. The number of carbonyl (C=O) groups is 1. The van der Waals surface area contributed by atoms with Gasteiger partial charge >= 0.3 is 5.97 Å². The van der Waals surface area contributed by atoms with E-state index in [2.05, 4.69) is 4.72 Å². The molecule has 0 radical (unpaired) electrons. The van der Waals surface area contributed by atoms with Crippen molar-refractivity contribution in [1.82, 2.24) is 0 Å². The highest BCUT2D eigenvalue weighted by atomic mass is 32.2. The van der Waals surface area contributed by atoms with E-state index < -0.39 is 20.9 Å². The van der Waals surface area contributed by atoms with Gasteiger partial charge in [-0.05, 0) is 24.3 Å². The van der Waals surface area contributed by atoms with Gasteiger partial charge in [-0.3, -0.25) is 14.8 Å². The standard InChI is InChI=1S/C13H10N2O6S/c16-13(17)11-3-1-2-4-12(11)14-22(20,21)10-7-5-9(6-8-10)15(18)19/h1-8,14H,(H,16,17). The van der Waals surface area contributed by atoms with Crippen molar-refractivity contribution in [1.29, 1.82) is 0 Å². The fourth-order valence-corrected chi connectivity index (χ4v) is 2.79. The van der Waals surface area contributed by atoms with E-state index in [0.29, 0.717) is 0 Å². The van der Waals surface area contributed by atoms with Crippen LogP contribution in [-0.2, 0) is 10.0 Å². The average molecular weight is 322 g/mol. The maximum atomic E-state index is 12.2. The van der Waals surface area contributed by atoms with Gasteiger partial charge in [-0.15, -0.1) is 0 Å². The van der Waals surface area contributed by atoms with Gasteiger partial charge in [-0.1, -0.05) is 12.1 Å². The first-order valence-electron chi connectivity index (χ1n) is 5.91. The number of hydrogen-bond acceptors (Lipinski definition) is 5. The number of nitrogens with one attached hydrogen (secondary N) is 1. The smallest absolute Gasteiger partial charge is 0.337 e. The van der Waals surface area contributed by atoms with Gasteiger partial charge in [-0.2, -0.15) is 0 Å². The van der Waals surface area contributed by atoms with E-state index >= 15 is 0 Å². The molecule has 0 fully saturated rings. The molecule has 9 heteroatoms. The van der Waals surface area contributed by atoms with E-state index in [1.807, 2.05) is 0 Å². The van der Waals surface area contributed by atoms with Crippen LogP contribution in [0.4, 0.5) is 11.4 Å². The molecular formula is C13H10N2O6S. The van der Waals surface area contributed by atoms with Crippen molar-refractivity contribution in [3.8, 4) is 0 Å². The SMILES string of the molecule is O=C(O)c1ccccc1NS(=O)(=O)c1ccc([N+](=O)[O-])cc1. The zero-order valence-electron chi connectivity index (χ0n) is 11.0. The van der Waals surface area contributed by atoms with E-state index in [1.54, 1.807) is 0 Å².